The van der Waals surface area contributed by atoms with E-state index >= 15 is 0 Å². The van der Waals surface area contributed by atoms with Crippen LogP contribution in [-0.2, 0) is 11.9 Å². The van der Waals surface area contributed by atoms with Gasteiger partial charge in [0.15, 0.2) is 16.7 Å². The summed E-state index contributed by atoms with van der Waals surface area (Å²) in [5.74, 6) is 2.43. The van der Waals surface area contributed by atoms with Crippen LogP contribution in [0.25, 0.3) is 10.7 Å². The molecule has 0 atom stereocenters. The zero-order valence-corrected chi connectivity index (χ0v) is 14.9. The van der Waals surface area contributed by atoms with E-state index in [-0.39, 0.29) is 5.75 Å². The number of hydrogen-bond donors (Lipinski definition) is 2. The van der Waals surface area contributed by atoms with E-state index in [1.165, 1.54) is 0 Å². The van der Waals surface area contributed by atoms with Gasteiger partial charge in [-0.3, -0.25) is 0 Å². The van der Waals surface area contributed by atoms with Gasteiger partial charge in [0.05, 0.1) is 22.5 Å². The monoisotopic (exact) mass is 373 g/mol. The molecule has 1 aromatic carbocycles. The van der Waals surface area contributed by atoms with Gasteiger partial charge in [-0.25, -0.2) is 5.01 Å². The second-order valence-electron chi connectivity index (χ2n) is 5.31. The average molecular weight is 373 g/mol. The lowest BCUT2D eigenvalue weighted by molar-refractivity contribution is 0.133. The van der Waals surface area contributed by atoms with Crippen molar-refractivity contribution in [2.24, 2.45) is 7.05 Å². The van der Waals surface area contributed by atoms with Crippen molar-refractivity contribution < 1.29 is 9.94 Å². The number of rotatable bonds is 5. The Hall–Kier alpha value is -2.49. The van der Waals surface area contributed by atoms with Crippen molar-refractivity contribution in [2.45, 2.75) is 5.16 Å². The maximum atomic E-state index is 9.57. The summed E-state index contributed by atoms with van der Waals surface area (Å²) in [6, 6.07) is 11.0. The quantitative estimate of drug-likeness (QED) is 0.666. The van der Waals surface area contributed by atoms with E-state index in [0.717, 1.165) is 27.3 Å². The number of phenols is 1. The summed E-state index contributed by atoms with van der Waals surface area (Å²) >= 11 is 3.19. The highest BCUT2D eigenvalue weighted by molar-refractivity contribution is 7.99. The van der Waals surface area contributed by atoms with Crippen LogP contribution in [0.2, 0.25) is 0 Å². The van der Waals surface area contributed by atoms with Crippen molar-refractivity contribution in [3.8, 4) is 16.5 Å². The lowest BCUT2D eigenvalue weighted by atomic mass is 10.3. The molecule has 3 aromatic rings. The van der Waals surface area contributed by atoms with E-state index < -0.39 is 0 Å². The van der Waals surface area contributed by atoms with Gasteiger partial charge in [0.2, 0.25) is 0 Å². The highest BCUT2D eigenvalue weighted by Gasteiger charge is 2.18. The summed E-state index contributed by atoms with van der Waals surface area (Å²) in [6.45, 7) is 0. The molecule has 0 unspecified atom stereocenters. The number of benzene rings is 1. The van der Waals surface area contributed by atoms with Gasteiger partial charge in [-0.05, 0) is 23.6 Å². The zero-order chi connectivity index (χ0) is 17.2. The smallest absolute Gasteiger partial charge is 0.191 e. The van der Waals surface area contributed by atoms with Crippen molar-refractivity contribution in [3.05, 3.63) is 53.7 Å². The molecule has 7 nitrogen and oxygen atoms in total. The Balaban J connectivity index is 1.43. The van der Waals surface area contributed by atoms with Crippen LogP contribution in [0.3, 0.4) is 0 Å². The van der Waals surface area contributed by atoms with Gasteiger partial charge in [-0.15, -0.1) is 21.5 Å². The number of phenolic OH excluding ortho intramolecular Hbond substituents is 1. The molecule has 0 fully saturated rings. The molecular weight excluding hydrogens is 358 g/mol. The molecule has 1 aliphatic heterocycles. The molecule has 0 saturated heterocycles. The maximum Gasteiger partial charge on any atom is 0.191 e. The minimum absolute atomic E-state index is 0.204. The Kier molecular flexibility index (Phi) is 4.35. The standard InChI is InChI=1S/C16H15N5O2S2/c1-20-15(14-6-3-7-24-14)17-18-16(20)25-10-13-9-21(19-23-13)11-4-2-5-12(22)8-11/h2-9,19,22H,10H2,1H3. The first-order valence-electron chi connectivity index (χ1n) is 7.48. The van der Waals surface area contributed by atoms with Crippen LogP contribution in [0.15, 0.2) is 58.9 Å². The van der Waals surface area contributed by atoms with Crippen molar-refractivity contribution in [3.63, 3.8) is 0 Å². The number of thioether (sulfide) groups is 1. The summed E-state index contributed by atoms with van der Waals surface area (Å²) in [6.07, 6.45) is 1.85. The van der Waals surface area contributed by atoms with Gasteiger partial charge in [0.25, 0.3) is 0 Å². The third kappa shape index (κ3) is 3.34. The van der Waals surface area contributed by atoms with Gasteiger partial charge in [0.1, 0.15) is 5.75 Å². The van der Waals surface area contributed by atoms with Crippen molar-refractivity contribution in [1.82, 2.24) is 20.4 Å². The molecule has 2 N–H and O–H groups in total. The largest absolute Gasteiger partial charge is 0.508 e. The van der Waals surface area contributed by atoms with E-state index in [1.54, 1.807) is 46.3 Å². The second-order valence-corrected chi connectivity index (χ2v) is 7.20. The summed E-state index contributed by atoms with van der Waals surface area (Å²) in [7, 11) is 1.96. The van der Waals surface area contributed by atoms with Crippen LogP contribution in [-0.4, -0.2) is 25.6 Å². The average Bonchev–Trinajstić information content (AvgIpc) is 3.34. The Morgan fingerprint density at radius 1 is 1.28 bits per heavy atom. The van der Waals surface area contributed by atoms with E-state index in [4.69, 9.17) is 4.84 Å². The molecule has 0 bridgehead atoms. The van der Waals surface area contributed by atoms with Gasteiger partial charge in [-0.2, -0.15) is 0 Å². The summed E-state index contributed by atoms with van der Waals surface area (Å²) in [5.41, 5.74) is 3.59. The molecular formula is C16H15N5O2S2. The molecule has 0 aliphatic carbocycles. The summed E-state index contributed by atoms with van der Waals surface area (Å²) in [5, 5.41) is 22.6. The Bertz CT molecular complexity index is 907. The molecule has 0 saturated carbocycles. The van der Waals surface area contributed by atoms with Crippen LogP contribution in [0, 0.1) is 0 Å². The number of anilines is 1. The minimum atomic E-state index is 0.204. The first-order chi connectivity index (χ1) is 12.2. The Morgan fingerprint density at radius 2 is 2.20 bits per heavy atom. The topological polar surface area (TPSA) is 75.4 Å². The fourth-order valence-electron chi connectivity index (χ4n) is 2.34. The number of nitrogens with one attached hydrogen (secondary N) is 1. The second kappa shape index (κ2) is 6.79. The molecule has 1 aliphatic rings. The van der Waals surface area contributed by atoms with E-state index in [2.05, 4.69) is 15.8 Å². The van der Waals surface area contributed by atoms with Crippen LogP contribution in [0.4, 0.5) is 5.69 Å². The first kappa shape index (κ1) is 16.0. The first-order valence-corrected chi connectivity index (χ1v) is 9.35. The van der Waals surface area contributed by atoms with Crippen molar-refractivity contribution in [2.75, 3.05) is 10.8 Å². The van der Waals surface area contributed by atoms with E-state index in [9.17, 15) is 5.11 Å². The van der Waals surface area contributed by atoms with E-state index in [1.807, 2.05) is 41.4 Å². The van der Waals surface area contributed by atoms with Crippen LogP contribution in [0.1, 0.15) is 0 Å². The van der Waals surface area contributed by atoms with Gasteiger partial charge in [-0.1, -0.05) is 29.5 Å². The molecule has 0 radical (unpaired) electrons. The molecule has 3 heterocycles. The fraction of sp³-hybridized carbons (Fsp3) is 0.125. The number of hydrazine groups is 1. The predicted molar refractivity (Wildman–Crippen MR) is 97.9 cm³/mol. The lowest BCUT2D eigenvalue weighted by Gasteiger charge is -2.13. The van der Waals surface area contributed by atoms with Crippen LogP contribution in [0.5, 0.6) is 5.75 Å². The number of nitrogens with zero attached hydrogens (tertiary/aromatic N) is 4. The molecule has 9 heteroatoms. The van der Waals surface area contributed by atoms with Crippen molar-refractivity contribution in [1.29, 1.82) is 0 Å². The van der Waals surface area contributed by atoms with Gasteiger partial charge in [0, 0.05) is 13.1 Å². The van der Waals surface area contributed by atoms with Gasteiger partial charge >= 0.3 is 0 Å². The number of thiophene rings is 1. The van der Waals surface area contributed by atoms with Crippen molar-refractivity contribution >= 4 is 28.8 Å². The fourth-order valence-corrected chi connectivity index (χ4v) is 3.87. The molecule has 2 aromatic heterocycles. The highest BCUT2D eigenvalue weighted by Crippen LogP contribution is 2.28. The van der Waals surface area contributed by atoms with Crippen LogP contribution < -0.4 is 10.6 Å². The summed E-state index contributed by atoms with van der Waals surface area (Å²) in [4.78, 5) is 6.57. The number of hydrogen-bond acceptors (Lipinski definition) is 8. The molecule has 25 heavy (non-hydrogen) atoms. The Labute approximate surface area is 152 Å². The van der Waals surface area contributed by atoms with Gasteiger partial charge < -0.3 is 14.5 Å². The SMILES string of the molecule is Cn1c(SCC2=CN(c3cccc(O)c3)NO2)nnc1-c1cccs1. The zero-order valence-electron chi connectivity index (χ0n) is 13.3. The van der Waals surface area contributed by atoms with E-state index in [0.29, 0.717) is 5.75 Å². The third-order valence-electron chi connectivity index (χ3n) is 3.58. The molecule has 0 spiro atoms. The Morgan fingerprint density at radius 3 is 3.00 bits per heavy atom. The molecule has 128 valence electrons. The minimum Gasteiger partial charge on any atom is -0.508 e. The normalized spacial score (nSPS) is 13.8. The lowest BCUT2D eigenvalue weighted by Crippen LogP contribution is -2.26. The van der Waals surface area contributed by atoms with Crippen LogP contribution >= 0.6 is 23.1 Å². The number of aromatic hydroxyl groups is 1. The highest BCUT2D eigenvalue weighted by atomic mass is 32.2. The number of aromatic nitrogens is 3. The summed E-state index contributed by atoms with van der Waals surface area (Å²) < 4.78 is 1.98. The predicted octanol–water partition coefficient (Wildman–Crippen LogP) is 3.14. The maximum absolute atomic E-state index is 9.57. The third-order valence-corrected chi connectivity index (χ3v) is 5.48. The molecule has 4 rings (SSSR count). The molecule has 0 amide bonds.